The second-order valence-corrected chi connectivity index (χ2v) is 3.73. The number of nitrogens with two attached hydrogens (primary N) is 1. The number of ketones is 1. The fourth-order valence-corrected chi connectivity index (χ4v) is 1.40. The third-order valence-electron chi connectivity index (χ3n) is 1.92. The lowest BCUT2D eigenvalue weighted by Crippen LogP contribution is -2.01. The molecule has 13 heavy (non-hydrogen) atoms. The number of hydrogen-bond donors (Lipinski definition) is 1. The van der Waals surface area contributed by atoms with Crippen LogP contribution in [0.4, 0.5) is 5.69 Å². The number of alkyl halides is 1. The molecule has 0 spiro atoms. The van der Waals surface area contributed by atoms with E-state index in [0.717, 1.165) is 5.56 Å². The highest BCUT2D eigenvalue weighted by molar-refractivity contribution is 9.09. The van der Waals surface area contributed by atoms with Crippen molar-refractivity contribution in [2.75, 3.05) is 11.1 Å². The fraction of sp³-hybridized carbons (Fsp3) is 0.300. The van der Waals surface area contributed by atoms with Gasteiger partial charge in [-0.15, -0.1) is 0 Å². The minimum absolute atomic E-state index is 0.128. The van der Waals surface area contributed by atoms with E-state index in [4.69, 9.17) is 5.73 Å². The number of hydrogen-bond acceptors (Lipinski definition) is 2. The molecule has 0 aliphatic carbocycles. The molecule has 1 aromatic carbocycles. The van der Waals surface area contributed by atoms with Crippen molar-refractivity contribution < 1.29 is 4.79 Å². The zero-order valence-electron chi connectivity index (χ0n) is 7.51. The first kappa shape index (κ1) is 10.3. The Morgan fingerprint density at radius 2 is 2.23 bits per heavy atom. The van der Waals surface area contributed by atoms with E-state index in [-0.39, 0.29) is 5.78 Å². The number of carbonyl (C=O) groups is 1. The molecule has 2 nitrogen and oxygen atoms in total. The molecule has 0 aliphatic rings. The number of halogens is 1. The first-order chi connectivity index (χ1) is 6.15. The Morgan fingerprint density at radius 1 is 1.54 bits per heavy atom. The topological polar surface area (TPSA) is 43.1 Å². The number of aryl methyl sites for hydroxylation is 1. The molecule has 0 heterocycles. The van der Waals surface area contributed by atoms with Crippen molar-refractivity contribution in [3.63, 3.8) is 0 Å². The molecule has 0 saturated heterocycles. The van der Waals surface area contributed by atoms with E-state index in [1.165, 1.54) is 0 Å². The van der Waals surface area contributed by atoms with Gasteiger partial charge in [0.1, 0.15) is 0 Å². The molecular weight excluding hydrogens is 230 g/mol. The van der Waals surface area contributed by atoms with Crippen molar-refractivity contribution in [3.05, 3.63) is 29.3 Å². The predicted molar refractivity (Wildman–Crippen MR) is 58.3 cm³/mol. The van der Waals surface area contributed by atoms with Crippen LogP contribution in [0.1, 0.15) is 22.3 Å². The van der Waals surface area contributed by atoms with Crippen LogP contribution in [-0.2, 0) is 0 Å². The standard InChI is InChI=1S/C10H12BrNO/c1-7-2-3-8(6-9(7)12)10(13)4-5-11/h2-3,6H,4-5,12H2,1H3. The minimum Gasteiger partial charge on any atom is -0.398 e. The van der Waals surface area contributed by atoms with Crippen LogP contribution in [-0.4, -0.2) is 11.1 Å². The van der Waals surface area contributed by atoms with Gasteiger partial charge in [-0.3, -0.25) is 4.79 Å². The average molecular weight is 242 g/mol. The maximum atomic E-state index is 11.4. The highest BCUT2D eigenvalue weighted by Crippen LogP contribution is 2.14. The van der Waals surface area contributed by atoms with Gasteiger partial charge < -0.3 is 5.73 Å². The predicted octanol–water partition coefficient (Wildman–Crippen LogP) is 2.54. The maximum absolute atomic E-state index is 11.4. The van der Waals surface area contributed by atoms with Gasteiger partial charge in [0.15, 0.2) is 5.78 Å². The summed E-state index contributed by atoms with van der Waals surface area (Å²) in [6.07, 6.45) is 0.516. The molecule has 0 aromatic heterocycles. The molecule has 0 atom stereocenters. The summed E-state index contributed by atoms with van der Waals surface area (Å²) < 4.78 is 0. The molecule has 0 amide bonds. The Balaban J connectivity index is 2.90. The Labute approximate surface area is 86.3 Å². The van der Waals surface area contributed by atoms with Gasteiger partial charge in [-0.1, -0.05) is 28.1 Å². The lowest BCUT2D eigenvalue weighted by atomic mass is 10.1. The summed E-state index contributed by atoms with van der Waals surface area (Å²) in [4.78, 5) is 11.4. The Bertz CT molecular complexity index is 323. The molecule has 0 unspecified atom stereocenters. The van der Waals surface area contributed by atoms with Gasteiger partial charge in [-0.05, 0) is 18.6 Å². The normalized spacial score (nSPS) is 10.0. The van der Waals surface area contributed by atoms with Crippen LogP contribution < -0.4 is 5.73 Å². The second-order valence-electron chi connectivity index (χ2n) is 2.93. The van der Waals surface area contributed by atoms with E-state index in [9.17, 15) is 4.79 Å². The number of benzene rings is 1. The van der Waals surface area contributed by atoms with Gasteiger partial charge in [-0.2, -0.15) is 0 Å². The molecule has 0 fully saturated rings. The van der Waals surface area contributed by atoms with Crippen LogP contribution in [0.15, 0.2) is 18.2 Å². The van der Waals surface area contributed by atoms with Crippen molar-refractivity contribution in [1.29, 1.82) is 0 Å². The molecule has 3 heteroatoms. The number of rotatable bonds is 3. The Morgan fingerprint density at radius 3 is 2.77 bits per heavy atom. The van der Waals surface area contributed by atoms with Gasteiger partial charge >= 0.3 is 0 Å². The smallest absolute Gasteiger partial charge is 0.163 e. The first-order valence-electron chi connectivity index (χ1n) is 4.10. The molecular formula is C10H12BrNO. The van der Waals surface area contributed by atoms with Crippen molar-refractivity contribution in [2.45, 2.75) is 13.3 Å². The molecule has 2 N–H and O–H groups in total. The highest BCUT2D eigenvalue weighted by atomic mass is 79.9. The third kappa shape index (κ3) is 2.56. The Kier molecular flexibility index (Phi) is 3.48. The van der Waals surface area contributed by atoms with E-state index in [2.05, 4.69) is 15.9 Å². The Hall–Kier alpha value is -0.830. The van der Waals surface area contributed by atoms with E-state index in [1.54, 1.807) is 6.07 Å². The molecule has 0 saturated carbocycles. The second kappa shape index (κ2) is 4.42. The summed E-state index contributed by atoms with van der Waals surface area (Å²) in [5.41, 5.74) is 8.08. The molecule has 70 valence electrons. The first-order valence-corrected chi connectivity index (χ1v) is 5.22. The van der Waals surface area contributed by atoms with E-state index >= 15 is 0 Å². The summed E-state index contributed by atoms with van der Waals surface area (Å²) in [6, 6.07) is 5.42. The summed E-state index contributed by atoms with van der Waals surface area (Å²) >= 11 is 3.23. The van der Waals surface area contributed by atoms with Gasteiger partial charge in [0.25, 0.3) is 0 Å². The van der Waals surface area contributed by atoms with Crippen LogP contribution in [0, 0.1) is 6.92 Å². The molecule has 1 aromatic rings. The lowest BCUT2D eigenvalue weighted by molar-refractivity contribution is 0.0990. The van der Waals surface area contributed by atoms with Crippen molar-refractivity contribution in [1.82, 2.24) is 0 Å². The molecule has 0 radical (unpaired) electrons. The summed E-state index contributed by atoms with van der Waals surface area (Å²) in [6.45, 7) is 1.92. The summed E-state index contributed by atoms with van der Waals surface area (Å²) in [5.74, 6) is 0.128. The third-order valence-corrected chi connectivity index (χ3v) is 2.32. The van der Waals surface area contributed by atoms with Crippen LogP contribution in [0.25, 0.3) is 0 Å². The molecule has 0 bridgehead atoms. The summed E-state index contributed by atoms with van der Waals surface area (Å²) in [7, 11) is 0. The zero-order chi connectivity index (χ0) is 9.84. The minimum atomic E-state index is 0.128. The van der Waals surface area contributed by atoms with Crippen LogP contribution in [0.5, 0.6) is 0 Å². The van der Waals surface area contributed by atoms with Gasteiger partial charge in [0, 0.05) is 23.0 Å². The number of anilines is 1. The largest absolute Gasteiger partial charge is 0.398 e. The number of carbonyl (C=O) groups excluding carboxylic acids is 1. The number of nitrogen functional groups attached to an aromatic ring is 1. The quantitative estimate of drug-likeness (QED) is 0.502. The van der Waals surface area contributed by atoms with Gasteiger partial charge in [0.05, 0.1) is 0 Å². The van der Waals surface area contributed by atoms with E-state index in [0.29, 0.717) is 23.0 Å². The van der Waals surface area contributed by atoms with Crippen LogP contribution in [0.2, 0.25) is 0 Å². The van der Waals surface area contributed by atoms with Crippen LogP contribution in [0.3, 0.4) is 0 Å². The van der Waals surface area contributed by atoms with Crippen molar-refractivity contribution in [3.8, 4) is 0 Å². The maximum Gasteiger partial charge on any atom is 0.163 e. The van der Waals surface area contributed by atoms with Crippen LogP contribution >= 0.6 is 15.9 Å². The number of Topliss-reactive ketones (excluding diaryl/α,β-unsaturated/α-hetero) is 1. The fourth-order valence-electron chi connectivity index (χ4n) is 1.04. The SMILES string of the molecule is Cc1ccc(C(=O)CCBr)cc1N. The highest BCUT2D eigenvalue weighted by Gasteiger charge is 2.05. The van der Waals surface area contributed by atoms with E-state index < -0.39 is 0 Å². The van der Waals surface area contributed by atoms with Gasteiger partial charge in [-0.25, -0.2) is 0 Å². The lowest BCUT2D eigenvalue weighted by Gasteiger charge is -2.02. The average Bonchev–Trinajstić information content (AvgIpc) is 2.10. The van der Waals surface area contributed by atoms with E-state index in [1.807, 2.05) is 19.1 Å². The zero-order valence-corrected chi connectivity index (χ0v) is 9.10. The molecule has 1 rings (SSSR count). The van der Waals surface area contributed by atoms with Crippen molar-refractivity contribution in [2.24, 2.45) is 0 Å². The summed E-state index contributed by atoms with van der Waals surface area (Å²) in [5, 5.41) is 0.694. The monoisotopic (exact) mass is 241 g/mol. The molecule has 0 aliphatic heterocycles. The van der Waals surface area contributed by atoms with Gasteiger partial charge in [0.2, 0.25) is 0 Å². The van der Waals surface area contributed by atoms with Crippen molar-refractivity contribution >= 4 is 27.4 Å².